The summed E-state index contributed by atoms with van der Waals surface area (Å²) in [7, 11) is 0. The van der Waals surface area contributed by atoms with Gasteiger partial charge in [-0.2, -0.15) is 0 Å². The predicted molar refractivity (Wildman–Crippen MR) is 74.9 cm³/mol. The van der Waals surface area contributed by atoms with E-state index in [1.54, 1.807) is 30.1 Å². The maximum absolute atomic E-state index is 10.8. The van der Waals surface area contributed by atoms with Gasteiger partial charge in [0.1, 0.15) is 0 Å². The van der Waals surface area contributed by atoms with Crippen LogP contribution in [0.5, 0.6) is 0 Å². The lowest BCUT2D eigenvalue weighted by Gasteiger charge is -2.05. The molecule has 0 aliphatic rings. The molecule has 92 valence electrons. The summed E-state index contributed by atoms with van der Waals surface area (Å²) in [6.07, 6.45) is 1.75. The van der Waals surface area contributed by atoms with Gasteiger partial charge in [-0.1, -0.05) is 28.1 Å². The molecule has 1 heterocycles. The van der Waals surface area contributed by atoms with Gasteiger partial charge in [0.05, 0.1) is 10.6 Å². The molecule has 0 aliphatic heterocycles. The van der Waals surface area contributed by atoms with Crippen LogP contribution in [0, 0.1) is 0 Å². The van der Waals surface area contributed by atoms with E-state index in [1.165, 1.54) is 0 Å². The third-order valence-electron chi connectivity index (χ3n) is 2.31. The zero-order valence-corrected chi connectivity index (χ0v) is 11.7. The van der Waals surface area contributed by atoms with Crippen molar-refractivity contribution in [1.82, 2.24) is 4.98 Å². The Labute approximate surface area is 117 Å². The van der Waals surface area contributed by atoms with Crippen molar-refractivity contribution in [1.29, 1.82) is 0 Å². The topological polar surface area (TPSA) is 50.2 Å². The van der Waals surface area contributed by atoms with E-state index >= 15 is 0 Å². The zero-order valence-electron chi connectivity index (χ0n) is 9.34. The Morgan fingerprint density at radius 1 is 1.33 bits per heavy atom. The molecule has 0 fully saturated rings. The summed E-state index contributed by atoms with van der Waals surface area (Å²) >= 11 is 5.01. The van der Waals surface area contributed by atoms with Crippen molar-refractivity contribution in [2.45, 2.75) is 10.8 Å². The molecular formula is C13H10BrNO2S. The molecule has 1 N–H and O–H groups in total. The standard InChI is InChI=1S/C13H10BrNO2S/c14-11-7-9(13(16)17)4-5-10(11)8-18-12-3-1-2-6-15-12/h1-7H,8H2,(H,16,17). The number of pyridine rings is 1. The van der Waals surface area contributed by atoms with E-state index in [9.17, 15) is 4.79 Å². The first-order valence-electron chi connectivity index (χ1n) is 5.22. The van der Waals surface area contributed by atoms with Gasteiger partial charge in [-0.05, 0) is 29.8 Å². The molecule has 2 rings (SSSR count). The number of carboxylic acid groups (broad SMARTS) is 1. The summed E-state index contributed by atoms with van der Waals surface area (Å²) in [5, 5.41) is 9.82. The second-order valence-electron chi connectivity index (χ2n) is 3.57. The van der Waals surface area contributed by atoms with Crippen LogP contribution in [-0.2, 0) is 5.75 Å². The lowest BCUT2D eigenvalue weighted by Crippen LogP contribution is -1.96. The van der Waals surface area contributed by atoms with E-state index in [-0.39, 0.29) is 5.56 Å². The summed E-state index contributed by atoms with van der Waals surface area (Å²) in [6, 6.07) is 10.8. The molecule has 0 bridgehead atoms. The number of aromatic carboxylic acids is 1. The molecule has 1 aromatic heterocycles. The highest BCUT2D eigenvalue weighted by molar-refractivity contribution is 9.10. The molecule has 0 atom stereocenters. The number of hydrogen-bond donors (Lipinski definition) is 1. The highest BCUT2D eigenvalue weighted by Gasteiger charge is 2.07. The van der Waals surface area contributed by atoms with Crippen LogP contribution in [0.4, 0.5) is 0 Å². The fourth-order valence-electron chi connectivity index (χ4n) is 1.38. The summed E-state index contributed by atoms with van der Waals surface area (Å²) in [6.45, 7) is 0. The molecule has 0 aliphatic carbocycles. The zero-order chi connectivity index (χ0) is 13.0. The van der Waals surface area contributed by atoms with Crippen molar-refractivity contribution in [3.8, 4) is 0 Å². The minimum Gasteiger partial charge on any atom is -0.478 e. The van der Waals surface area contributed by atoms with Crippen LogP contribution in [0.25, 0.3) is 0 Å². The smallest absolute Gasteiger partial charge is 0.335 e. The first-order chi connectivity index (χ1) is 8.66. The Morgan fingerprint density at radius 3 is 2.78 bits per heavy atom. The van der Waals surface area contributed by atoms with Gasteiger partial charge in [-0.15, -0.1) is 11.8 Å². The molecule has 0 spiro atoms. The quantitative estimate of drug-likeness (QED) is 0.868. The van der Waals surface area contributed by atoms with Crippen molar-refractivity contribution in [3.63, 3.8) is 0 Å². The number of aromatic nitrogens is 1. The molecular weight excluding hydrogens is 314 g/mol. The number of rotatable bonds is 4. The number of carbonyl (C=O) groups is 1. The Bertz CT molecular complexity index is 560. The monoisotopic (exact) mass is 323 g/mol. The van der Waals surface area contributed by atoms with E-state index in [0.29, 0.717) is 0 Å². The molecule has 0 amide bonds. The molecule has 2 aromatic rings. The number of carboxylic acids is 1. The van der Waals surface area contributed by atoms with Crippen molar-refractivity contribution in [3.05, 3.63) is 58.2 Å². The van der Waals surface area contributed by atoms with Crippen LogP contribution in [0.3, 0.4) is 0 Å². The molecule has 18 heavy (non-hydrogen) atoms. The van der Waals surface area contributed by atoms with E-state index in [4.69, 9.17) is 5.11 Å². The van der Waals surface area contributed by atoms with Crippen LogP contribution in [-0.4, -0.2) is 16.1 Å². The van der Waals surface area contributed by atoms with Gasteiger partial charge in [0, 0.05) is 16.4 Å². The lowest BCUT2D eigenvalue weighted by molar-refractivity contribution is 0.0697. The van der Waals surface area contributed by atoms with Crippen LogP contribution in [0.15, 0.2) is 52.1 Å². The molecule has 0 saturated carbocycles. The number of halogens is 1. The predicted octanol–water partition coefficient (Wildman–Crippen LogP) is 3.83. The van der Waals surface area contributed by atoms with E-state index in [1.807, 2.05) is 24.3 Å². The van der Waals surface area contributed by atoms with Gasteiger partial charge < -0.3 is 5.11 Å². The fourth-order valence-corrected chi connectivity index (χ4v) is 2.95. The van der Waals surface area contributed by atoms with Gasteiger partial charge in [0.2, 0.25) is 0 Å². The summed E-state index contributed by atoms with van der Waals surface area (Å²) < 4.78 is 0.811. The largest absolute Gasteiger partial charge is 0.478 e. The maximum Gasteiger partial charge on any atom is 0.335 e. The number of thioether (sulfide) groups is 1. The second-order valence-corrected chi connectivity index (χ2v) is 5.42. The average molecular weight is 324 g/mol. The minimum absolute atomic E-state index is 0.286. The molecule has 1 aromatic carbocycles. The Balaban J connectivity index is 2.08. The van der Waals surface area contributed by atoms with Crippen molar-refractivity contribution in [2.75, 3.05) is 0 Å². The number of nitrogens with zero attached hydrogens (tertiary/aromatic N) is 1. The third-order valence-corrected chi connectivity index (χ3v) is 4.04. The van der Waals surface area contributed by atoms with Crippen LogP contribution >= 0.6 is 27.7 Å². The van der Waals surface area contributed by atoms with Crippen LogP contribution in [0.1, 0.15) is 15.9 Å². The van der Waals surface area contributed by atoms with Crippen LogP contribution < -0.4 is 0 Å². The van der Waals surface area contributed by atoms with Gasteiger partial charge >= 0.3 is 5.97 Å². The van der Waals surface area contributed by atoms with Gasteiger partial charge in [0.15, 0.2) is 0 Å². The minimum atomic E-state index is -0.917. The van der Waals surface area contributed by atoms with E-state index < -0.39 is 5.97 Å². The highest BCUT2D eigenvalue weighted by Crippen LogP contribution is 2.26. The summed E-state index contributed by atoms with van der Waals surface area (Å²) in [4.78, 5) is 15.0. The van der Waals surface area contributed by atoms with Crippen molar-refractivity contribution in [2.24, 2.45) is 0 Å². The summed E-state index contributed by atoms with van der Waals surface area (Å²) in [5.74, 6) is -0.169. The Kier molecular flexibility index (Phi) is 4.38. The SMILES string of the molecule is O=C(O)c1ccc(CSc2ccccn2)c(Br)c1. The van der Waals surface area contributed by atoms with Gasteiger partial charge in [-0.3, -0.25) is 0 Å². The fraction of sp³-hybridized carbons (Fsp3) is 0.0769. The molecule has 0 unspecified atom stereocenters. The van der Waals surface area contributed by atoms with Crippen molar-refractivity contribution < 1.29 is 9.90 Å². The van der Waals surface area contributed by atoms with Crippen molar-refractivity contribution >= 4 is 33.7 Å². The summed E-state index contributed by atoms with van der Waals surface area (Å²) in [5.41, 5.74) is 1.34. The first kappa shape index (κ1) is 13.1. The lowest BCUT2D eigenvalue weighted by atomic mass is 10.1. The maximum atomic E-state index is 10.8. The molecule has 0 saturated heterocycles. The van der Waals surface area contributed by atoms with Gasteiger partial charge in [-0.25, -0.2) is 9.78 Å². The number of hydrogen-bond acceptors (Lipinski definition) is 3. The number of benzene rings is 1. The van der Waals surface area contributed by atoms with E-state index in [2.05, 4.69) is 20.9 Å². The van der Waals surface area contributed by atoms with Gasteiger partial charge in [0.25, 0.3) is 0 Å². The first-order valence-corrected chi connectivity index (χ1v) is 7.00. The normalized spacial score (nSPS) is 10.3. The molecule has 3 nitrogen and oxygen atoms in total. The molecule has 5 heteroatoms. The highest BCUT2D eigenvalue weighted by atomic mass is 79.9. The molecule has 0 radical (unpaired) electrons. The Morgan fingerprint density at radius 2 is 2.17 bits per heavy atom. The average Bonchev–Trinajstić information content (AvgIpc) is 2.38. The van der Waals surface area contributed by atoms with E-state index in [0.717, 1.165) is 20.8 Å². The Hall–Kier alpha value is -1.33. The third kappa shape index (κ3) is 3.34. The van der Waals surface area contributed by atoms with Crippen LogP contribution in [0.2, 0.25) is 0 Å². The second kappa shape index (κ2) is 6.02.